The molecule has 0 spiro atoms. The Kier molecular flexibility index (Phi) is 4.57. The van der Waals surface area contributed by atoms with Crippen LogP contribution in [0.15, 0.2) is 35.3 Å². The normalized spacial score (nSPS) is 13.6. The van der Waals surface area contributed by atoms with Crippen molar-refractivity contribution in [2.75, 3.05) is 17.6 Å². The largest absolute Gasteiger partial charge is 0.324 e. The number of aliphatic imine (C=N–C) groups is 1. The molecule has 0 fully saturated rings. The molecule has 23 heavy (non-hydrogen) atoms. The molecular formula is C16H17N5OS. The number of hydrogen-bond donors (Lipinski definition) is 2. The summed E-state index contributed by atoms with van der Waals surface area (Å²) in [4.78, 5) is 25.2. The number of hydrogen-bond acceptors (Lipinski definition) is 6. The average molecular weight is 327 g/mol. The molecule has 1 aliphatic heterocycles. The number of thioether (sulfide) groups is 1. The molecule has 2 N–H and O–H groups in total. The highest BCUT2D eigenvalue weighted by Gasteiger charge is 2.13. The summed E-state index contributed by atoms with van der Waals surface area (Å²) in [6.45, 7) is 4.60. The number of carbonyl (C=O) groups excluding carboxylic acids is 1. The van der Waals surface area contributed by atoms with Gasteiger partial charge in [0, 0.05) is 28.4 Å². The average Bonchev–Trinajstić information content (AvgIpc) is 2.99. The van der Waals surface area contributed by atoms with Gasteiger partial charge in [-0.25, -0.2) is 9.97 Å². The molecule has 1 amide bonds. The predicted molar refractivity (Wildman–Crippen MR) is 93.5 cm³/mol. The quantitative estimate of drug-likeness (QED) is 0.906. The standard InChI is InChI=1S/C16H17N5OS/c1-10-8-11(2)19-15(18-10)20-13-5-3-4-12(9-13)14(22)21-16-17-6-7-23-16/h3-5,8-9H,6-7H2,1-2H3,(H,17,21,22)(H,18,19,20). The van der Waals surface area contributed by atoms with E-state index in [4.69, 9.17) is 0 Å². The first-order valence-corrected chi connectivity index (χ1v) is 8.27. The zero-order valence-corrected chi connectivity index (χ0v) is 13.8. The second-order valence-corrected chi connectivity index (χ2v) is 6.25. The first-order valence-electron chi connectivity index (χ1n) is 7.28. The SMILES string of the molecule is Cc1cc(C)nc(Nc2cccc(C(=O)NC3=NCCS3)c2)n1. The molecule has 0 aliphatic carbocycles. The fourth-order valence-corrected chi connectivity index (χ4v) is 2.95. The van der Waals surface area contributed by atoms with E-state index in [1.54, 1.807) is 23.9 Å². The minimum absolute atomic E-state index is 0.164. The van der Waals surface area contributed by atoms with Crippen LogP contribution in [0.4, 0.5) is 11.6 Å². The highest BCUT2D eigenvalue weighted by molar-refractivity contribution is 8.14. The van der Waals surface area contributed by atoms with E-state index in [1.165, 1.54) is 0 Å². The lowest BCUT2D eigenvalue weighted by Gasteiger charge is -2.09. The van der Waals surface area contributed by atoms with Crippen LogP contribution >= 0.6 is 11.8 Å². The number of anilines is 2. The molecule has 1 aromatic carbocycles. The van der Waals surface area contributed by atoms with Gasteiger partial charge in [-0.3, -0.25) is 9.79 Å². The molecule has 2 aromatic rings. The van der Waals surface area contributed by atoms with Gasteiger partial charge in [0.05, 0.1) is 6.54 Å². The van der Waals surface area contributed by atoms with Crippen molar-refractivity contribution in [3.8, 4) is 0 Å². The van der Waals surface area contributed by atoms with E-state index >= 15 is 0 Å². The molecule has 0 atom stereocenters. The van der Waals surface area contributed by atoms with Crippen LogP contribution in [0.3, 0.4) is 0 Å². The number of benzene rings is 1. The Bertz CT molecular complexity index is 755. The number of amides is 1. The highest BCUT2D eigenvalue weighted by atomic mass is 32.2. The Hall–Kier alpha value is -2.41. The Labute approximate surface area is 138 Å². The third-order valence-corrected chi connectivity index (χ3v) is 4.06. The number of rotatable bonds is 3. The summed E-state index contributed by atoms with van der Waals surface area (Å²) >= 11 is 1.56. The van der Waals surface area contributed by atoms with Gasteiger partial charge >= 0.3 is 0 Å². The smallest absolute Gasteiger partial charge is 0.257 e. The molecule has 2 heterocycles. The van der Waals surface area contributed by atoms with Crippen LogP contribution in [0.25, 0.3) is 0 Å². The summed E-state index contributed by atoms with van der Waals surface area (Å²) < 4.78 is 0. The van der Waals surface area contributed by atoms with Crippen LogP contribution in [-0.2, 0) is 0 Å². The van der Waals surface area contributed by atoms with Crippen LogP contribution in [0.2, 0.25) is 0 Å². The topological polar surface area (TPSA) is 79.3 Å². The van der Waals surface area contributed by atoms with Gasteiger partial charge in [0.25, 0.3) is 5.91 Å². The fraction of sp³-hybridized carbons (Fsp3) is 0.250. The fourth-order valence-electron chi connectivity index (χ4n) is 2.23. The number of aromatic nitrogens is 2. The van der Waals surface area contributed by atoms with E-state index in [9.17, 15) is 4.79 Å². The second kappa shape index (κ2) is 6.78. The summed E-state index contributed by atoms with van der Waals surface area (Å²) in [5, 5.41) is 6.64. The van der Waals surface area contributed by atoms with E-state index in [0.29, 0.717) is 16.7 Å². The molecule has 118 valence electrons. The van der Waals surface area contributed by atoms with Crippen LogP contribution in [0.5, 0.6) is 0 Å². The minimum atomic E-state index is -0.164. The van der Waals surface area contributed by atoms with Crippen molar-refractivity contribution in [2.24, 2.45) is 4.99 Å². The third kappa shape index (κ3) is 4.07. The summed E-state index contributed by atoms with van der Waals surface area (Å²) in [6, 6.07) is 9.15. The summed E-state index contributed by atoms with van der Waals surface area (Å²) in [7, 11) is 0. The lowest BCUT2D eigenvalue weighted by atomic mass is 10.2. The molecule has 7 heteroatoms. The molecule has 0 radical (unpaired) electrons. The van der Waals surface area contributed by atoms with Crippen molar-refractivity contribution < 1.29 is 4.79 Å². The molecule has 1 aliphatic rings. The van der Waals surface area contributed by atoms with Crippen LogP contribution in [-0.4, -0.2) is 33.3 Å². The number of carbonyl (C=O) groups is 1. The molecule has 3 rings (SSSR count). The molecule has 0 saturated heterocycles. The van der Waals surface area contributed by atoms with Crippen molar-refractivity contribution in [1.29, 1.82) is 0 Å². The van der Waals surface area contributed by atoms with E-state index < -0.39 is 0 Å². The Morgan fingerprint density at radius 2 is 1.96 bits per heavy atom. The zero-order valence-electron chi connectivity index (χ0n) is 13.0. The van der Waals surface area contributed by atoms with E-state index in [-0.39, 0.29) is 5.91 Å². The van der Waals surface area contributed by atoms with Crippen molar-refractivity contribution >= 4 is 34.5 Å². The lowest BCUT2D eigenvalue weighted by Crippen LogP contribution is -2.27. The van der Waals surface area contributed by atoms with E-state index in [1.807, 2.05) is 32.0 Å². The molecule has 0 saturated carbocycles. The molecule has 1 aromatic heterocycles. The maximum Gasteiger partial charge on any atom is 0.257 e. The number of aryl methyl sites for hydroxylation is 2. The number of amidine groups is 1. The molecular weight excluding hydrogens is 310 g/mol. The summed E-state index contributed by atoms with van der Waals surface area (Å²) in [5.74, 6) is 1.28. The molecule has 0 unspecified atom stereocenters. The van der Waals surface area contributed by atoms with Crippen molar-refractivity contribution in [3.05, 3.63) is 47.3 Å². The van der Waals surface area contributed by atoms with Gasteiger partial charge in [0.15, 0.2) is 5.17 Å². The van der Waals surface area contributed by atoms with Gasteiger partial charge < -0.3 is 10.6 Å². The number of nitrogens with zero attached hydrogens (tertiary/aromatic N) is 3. The van der Waals surface area contributed by atoms with E-state index in [2.05, 4.69) is 25.6 Å². The first kappa shape index (κ1) is 15.5. The van der Waals surface area contributed by atoms with Gasteiger partial charge in [-0.2, -0.15) is 0 Å². The Morgan fingerprint density at radius 3 is 2.65 bits per heavy atom. The first-order chi connectivity index (χ1) is 11.1. The van der Waals surface area contributed by atoms with Crippen molar-refractivity contribution in [1.82, 2.24) is 15.3 Å². The Balaban J connectivity index is 1.75. The Morgan fingerprint density at radius 1 is 1.17 bits per heavy atom. The van der Waals surface area contributed by atoms with E-state index in [0.717, 1.165) is 29.4 Å². The summed E-state index contributed by atoms with van der Waals surface area (Å²) in [5.41, 5.74) is 3.12. The van der Waals surface area contributed by atoms with Crippen LogP contribution < -0.4 is 10.6 Å². The van der Waals surface area contributed by atoms with Gasteiger partial charge in [-0.15, -0.1) is 0 Å². The molecule has 0 bridgehead atoms. The van der Waals surface area contributed by atoms with Crippen LogP contribution in [0, 0.1) is 13.8 Å². The van der Waals surface area contributed by atoms with Gasteiger partial charge in [0.2, 0.25) is 5.95 Å². The van der Waals surface area contributed by atoms with Crippen LogP contribution in [0.1, 0.15) is 21.7 Å². The monoisotopic (exact) mass is 327 g/mol. The second-order valence-electron chi connectivity index (χ2n) is 5.17. The lowest BCUT2D eigenvalue weighted by molar-refractivity contribution is 0.0978. The highest BCUT2D eigenvalue weighted by Crippen LogP contribution is 2.16. The van der Waals surface area contributed by atoms with Crippen molar-refractivity contribution in [2.45, 2.75) is 13.8 Å². The third-order valence-electron chi connectivity index (χ3n) is 3.17. The minimum Gasteiger partial charge on any atom is -0.324 e. The predicted octanol–water partition coefficient (Wildman–Crippen LogP) is 2.67. The van der Waals surface area contributed by atoms with Gasteiger partial charge in [-0.05, 0) is 38.1 Å². The summed E-state index contributed by atoms with van der Waals surface area (Å²) in [6.07, 6.45) is 0. The van der Waals surface area contributed by atoms with Crippen molar-refractivity contribution in [3.63, 3.8) is 0 Å². The van der Waals surface area contributed by atoms with Gasteiger partial charge in [-0.1, -0.05) is 17.8 Å². The molecule has 6 nitrogen and oxygen atoms in total. The number of nitrogens with one attached hydrogen (secondary N) is 2. The van der Waals surface area contributed by atoms with Gasteiger partial charge in [0.1, 0.15) is 0 Å². The maximum absolute atomic E-state index is 12.2. The zero-order chi connectivity index (χ0) is 16.2. The maximum atomic E-state index is 12.2.